The minimum Gasteiger partial charge on any atom is -0.377 e. The first kappa shape index (κ1) is 16.6. The van der Waals surface area contributed by atoms with Gasteiger partial charge < -0.3 is 4.74 Å². The molecule has 1 saturated heterocycles. The van der Waals surface area contributed by atoms with Crippen LogP contribution in [0, 0.1) is 0 Å². The van der Waals surface area contributed by atoms with E-state index in [9.17, 15) is 0 Å². The van der Waals surface area contributed by atoms with Gasteiger partial charge in [0.25, 0.3) is 0 Å². The van der Waals surface area contributed by atoms with Gasteiger partial charge in [0.2, 0.25) is 0 Å². The number of nitrogens with zero attached hydrogens (tertiary/aromatic N) is 3. The molecule has 1 aromatic carbocycles. The zero-order valence-electron chi connectivity index (χ0n) is 12.9. The first-order chi connectivity index (χ1) is 11.3. The van der Waals surface area contributed by atoms with Crippen LogP contribution in [0.3, 0.4) is 0 Å². The number of hydrogen-bond acceptors (Lipinski definition) is 4. The summed E-state index contributed by atoms with van der Waals surface area (Å²) in [4.78, 5) is 0. The van der Waals surface area contributed by atoms with Gasteiger partial charge in [0.15, 0.2) is 11.0 Å². The Morgan fingerprint density at radius 2 is 2.22 bits per heavy atom. The van der Waals surface area contributed by atoms with Crippen molar-refractivity contribution in [3.63, 3.8) is 0 Å². The van der Waals surface area contributed by atoms with E-state index >= 15 is 0 Å². The Hall–Kier alpha value is -1.30. The fraction of sp³-hybridized carbons (Fsp3) is 0.412. The van der Waals surface area contributed by atoms with Gasteiger partial charge in [-0.05, 0) is 31.4 Å². The monoisotopic (exact) mass is 349 g/mol. The summed E-state index contributed by atoms with van der Waals surface area (Å²) >= 11 is 7.99. The SMILES string of the molecule is C=CCn1c(SC[C@@H]2CCCCO2)nnc1-c1ccccc1Cl. The lowest BCUT2D eigenvalue weighted by Gasteiger charge is -2.21. The van der Waals surface area contributed by atoms with E-state index in [1.165, 1.54) is 12.8 Å². The molecule has 0 N–H and O–H groups in total. The van der Waals surface area contributed by atoms with Gasteiger partial charge in [-0.1, -0.05) is 41.6 Å². The van der Waals surface area contributed by atoms with Gasteiger partial charge in [0.1, 0.15) is 0 Å². The van der Waals surface area contributed by atoms with Crippen LogP contribution in [0.15, 0.2) is 42.1 Å². The predicted molar refractivity (Wildman–Crippen MR) is 95.0 cm³/mol. The van der Waals surface area contributed by atoms with Crippen molar-refractivity contribution in [2.24, 2.45) is 0 Å². The van der Waals surface area contributed by atoms with Crippen LogP contribution in [-0.2, 0) is 11.3 Å². The maximum absolute atomic E-state index is 6.31. The molecule has 0 amide bonds. The summed E-state index contributed by atoms with van der Waals surface area (Å²) in [6, 6.07) is 7.70. The summed E-state index contributed by atoms with van der Waals surface area (Å²) < 4.78 is 7.85. The van der Waals surface area contributed by atoms with Gasteiger partial charge in [-0.2, -0.15) is 0 Å². The van der Waals surface area contributed by atoms with Gasteiger partial charge in [-0.25, -0.2) is 0 Å². The maximum atomic E-state index is 6.31. The summed E-state index contributed by atoms with van der Waals surface area (Å²) in [7, 11) is 0. The van der Waals surface area contributed by atoms with Crippen LogP contribution in [0.25, 0.3) is 11.4 Å². The van der Waals surface area contributed by atoms with Crippen molar-refractivity contribution < 1.29 is 4.74 Å². The molecule has 0 aliphatic carbocycles. The zero-order valence-corrected chi connectivity index (χ0v) is 14.5. The first-order valence-corrected chi connectivity index (χ1v) is 9.19. The summed E-state index contributed by atoms with van der Waals surface area (Å²) in [5, 5.41) is 10.3. The molecule has 23 heavy (non-hydrogen) atoms. The first-order valence-electron chi connectivity index (χ1n) is 7.83. The number of ether oxygens (including phenoxy) is 1. The molecule has 0 radical (unpaired) electrons. The van der Waals surface area contributed by atoms with Crippen molar-refractivity contribution in [2.75, 3.05) is 12.4 Å². The molecular formula is C17H20ClN3OS. The van der Waals surface area contributed by atoms with Gasteiger partial charge in [0, 0.05) is 24.5 Å². The largest absolute Gasteiger partial charge is 0.377 e. The normalized spacial score (nSPS) is 18.0. The average Bonchev–Trinajstić information content (AvgIpc) is 2.97. The third-order valence-corrected chi connectivity index (χ3v) is 5.24. The summed E-state index contributed by atoms with van der Waals surface area (Å²) in [6.45, 7) is 5.37. The lowest BCUT2D eigenvalue weighted by molar-refractivity contribution is 0.0315. The Morgan fingerprint density at radius 3 is 2.96 bits per heavy atom. The molecule has 0 unspecified atom stereocenters. The molecule has 1 atom stereocenters. The number of allylic oxidation sites excluding steroid dienone is 1. The van der Waals surface area contributed by atoms with E-state index in [-0.39, 0.29) is 0 Å². The van der Waals surface area contributed by atoms with Crippen LogP contribution in [0.5, 0.6) is 0 Å². The van der Waals surface area contributed by atoms with Crippen molar-refractivity contribution in [1.82, 2.24) is 14.8 Å². The van der Waals surface area contributed by atoms with Crippen LogP contribution < -0.4 is 0 Å². The second-order valence-corrected chi connectivity index (χ2v) is 6.88. The van der Waals surface area contributed by atoms with Crippen molar-refractivity contribution in [3.05, 3.63) is 41.9 Å². The maximum Gasteiger partial charge on any atom is 0.191 e. The molecule has 2 heterocycles. The molecule has 0 saturated carbocycles. The number of aromatic nitrogens is 3. The molecule has 3 rings (SSSR count). The van der Waals surface area contributed by atoms with Crippen LogP contribution in [0.4, 0.5) is 0 Å². The van der Waals surface area contributed by atoms with E-state index in [0.29, 0.717) is 17.7 Å². The zero-order chi connectivity index (χ0) is 16.1. The second kappa shape index (κ2) is 7.99. The highest BCUT2D eigenvalue weighted by Gasteiger charge is 2.19. The van der Waals surface area contributed by atoms with Crippen molar-refractivity contribution in [3.8, 4) is 11.4 Å². The lowest BCUT2D eigenvalue weighted by Crippen LogP contribution is -2.21. The Morgan fingerprint density at radius 1 is 1.35 bits per heavy atom. The second-order valence-electron chi connectivity index (χ2n) is 5.48. The van der Waals surface area contributed by atoms with Crippen LogP contribution >= 0.6 is 23.4 Å². The average molecular weight is 350 g/mol. The molecule has 2 aromatic rings. The highest BCUT2D eigenvalue weighted by molar-refractivity contribution is 7.99. The molecule has 0 bridgehead atoms. The molecule has 1 aliphatic heterocycles. The van der Waals surface area contributed by atoms with Gasteiger partial charge >= 0.3 is 0 Å². The minimum absolute atomic E-state index is 0.311. The van der Waals surface area contributed by atoms with Crippen molar-refractivity contribution in [2.45, 2.75) is 37.1 Å². The standard InChI is InChI=1S/C17H20ClN3OS/c1-2-10-21-16(14-8-3-4-9-15(14)18)19-20-17(21)23-12-13-7-5-6-11-22-13/h2-4,8-9,13H,1,5-7,10-12H2/t13-/m0/s1. The van der Waals surface area contributed by atoms with Crippen LogP contribution in [-0.4, -0.2) is 33.2 Å². The molecular weight excluding hydrogens is 330 g/mol. The fourth-order valence-corrected chi connectivity index (χ4v) is 3.87. The number of benzene rings is 1. The molecule has 6 heteroatoms. The van der Waals surface area contributed by atoms with Gasteiger partial charge in [0.05, 0.1) is 11.1 Å². The van der Waals surface area contributed by atoms with Crippen molar-refractivity contribution in [1.29, 1.82) is 0 Å². The quantitative estimate of drug-likeness (QED) is 0.570. The third kappa shape index (κ3) is 3.97. The number of thioether (sulfide) groups is 1. The summed E-state index contributed by atoms with van der Waals surface area (Å²) in [6.07, 6.45) is 5.71. The third-order valence-electron chi connectivity index (χ3n) is 3.82. The minimum atomic E-state index is 0.311. The van der Waals surface area contributed by atoms with Crippen LogP contribution in [0.1, 0.15) is 19.3 Å². The highest BCUT2D eigenvalue weighted by Crippen LogP contribution is 2.30. The Labute approximate surface area is 145 Å². The molecule has 1 aliphatic rings. The van der Waals surface area contributed by atoms with Gasteiger partial charge in [-0.3, -0.25) is 4.57 Å². The van der Waals surface area contributed by atoms with E-state index in [4.69, 9.17) is 16.3 Å². The van der Waals surface area contributed by atoms with E-state index in [0.717, 1.165) is 35.3 Å². The van der Waals surface area contributed by atoms with E-state index in [1.54, 1.807) is 11.8 Å². The summed E-state index contributed by atoms with van der Waals surface area (Å²) in [5.41, 5.74) is 0.893. The molecule has 0 spiro atoms. The van der Waals surface area contributed by atoms with E-state index in [2.05, 4.69) is 21.3 Å². The van der Waals surface area contributed by atoms with E-state index in [1.807, 2.05) is 30.3 Å². The Balaban J connectivity index is 1.80. The predicted octanol–water partition coefficient (Wildman–Crippen LogP) is 4.45. The molecule has 1 fully saturated rings. The van der Waals surface area contributed by atoms with Crippen molar-refractivity contribution >= 4 is 23.4 Å². The molecule has 4 nitrogen and oxygen atoms in total. The Bertz CT molecular complexity index is 668. The topological polar surface area (TPSA) is 39.9 Å². The Kier molecular flexibility index (Phi) is 5.75. The number of halogens is 1. The molecule has 122 valence electrons. The van der Waals surface area contributed by atoms with Crippen LogP contribution in [0.2, 0.25) is 5.02 Å². The number of rotatable bonds is 6. The lowest BCUT2D eigenvalue weighted by atomic mass is 10.1. The van der Waals surface area contributed by atoms with Gasteiger partial charge in [-0.15, -0.1) is 16.8 Å². The summed E-state index contributed by atoms with van der Waals surface area (Å²) in [5.74, 6) is 1.68. The smallest absolute Gasteiger partial charge is 0.191 e. The highest BCUT2D eigenvalue weighted by atomic mass is 35.5. The molecule has 1 aromatic heterocycles. The number of hydrogen-bond donors (Lipinski definition) is 0. The van der Waals surface area contributed by atoms with E-state index < -0.39 is 0 Å². The fourth-order valence-electron chi connectivity index (χ4n) is 2.64.